The first-order valence-electron chi connectivity index (χ1n) is 6.89. The second-order valence-electron chi connectivity index (χ2n) is 5.36. The minimum Gasteiger partial charge on any atom is -0.476 e. The van der Waals surface area contributed by atoms with Crippen LogP contribution in [0.5, 0.6) is 0 Å². The lowest BCUT2D eigenvalue weighted by molar-refractivity contribution is 0.0690. The standard InChI is InChI=1S/C12H17N5O4/c18-11(19)10-6-17(15-14-10)9-4-16(5-9)12(20)13-3-8-1-2-21-7-8/h6,8-9H,1-5,7H2,(H,13,20)(H,18,19). The summed E-state index contributed by atoms with van der Waals surface area (Å²) in [7, 11) is 0. The Hall–Kier alpha value is -2.16. The molecule has 0 spiro atoms. The second-order valence-corrected chi connectivity index (χ2v) is 5.36. The monoisotopic (exact) mass is 295 g/mol. The fourth-order valence-electron chi connectivity index (χ4n) is 2.43. The molecule has 0 aromatic carbocycles. The van der Waals surface area contributed by atoms with Crippen molar-refractivity contribution in [2.75, 3.05) is 32.8 Å². The number of aromatic carboxylic acids is 1. The molecular weight excluding hydrogens is 278 g/mol. The van der Waals surface area contributed by atoms with Crippen molar-refractivity contribution in [1.29, 1.82) is 0 Å². The molecule has 1 aromatic heterocycles. The molecule has 2 amide bonds. The highest BCUT2D eigenvalue weighted by molar-refractivity contribution is 5.84. The first-order valence-corrected chi connectivity index (χ1v) is 6.89. The molecule has 0 saturated carbocycles. The summed E-state index contributed by atoms with van der Waals surface area (Å²) in [4.78, 5) is 24.3. The molecule has 3 rings (SSSR count). The van der Waals surface area contributed by atoms with Crippen molar-refractivity contribution in [2.24, 2.45) is 5.92 Å². The van der Waals surface area contributed by atoms with Gasteiger partial charge in [-0.3, -0.25) is 0 Å². The first kappa shape index (κ1) is 13.8. The lowest BCUT2D eigenvalue weighted by Crippen LogP contribution is -2.54. The number of carboxylic acids is 1. The number of likely N-dealkylation sites (tertiary alicyclic amines) is 1. The van der Waals surface area contributed by atoms with Crippen LogP contribution in [0, 0.1) is 5.92 Å². The normalized spacial score (nSPS) is 22.1. The number of amides is 2. The fraction of sp³-hybridized carbons (Fsp3) is 0.667. The van der Waals surface area contributed by atoms with E-state index in [1.54, 1.807) is 4.90 Å². The molecule has 3 heterocycles. The van der Waals surface area contributed by atoms with Crippen molar-refractivity contribution in [2.45, 2.75) is 12.5 Å². The van der Waals surface area contributed by atoms with E-state index in [0.717, 1.165) is 13.0 Å². The largest absolute Gasteiger partial charge is 0.476 e. The molecule has 1 atom stereocenters. The van der Waals surface area contributed by atoms with Crippen molar-refractivity contribution in [3.05, 3.63) is 11.9 Å². The molecule has 1 aromatic rings. The van der Waals surface area contributed by atoms with Gasteiger partial charge in [-0.25, -0.2) is 14.3 Å². The SMILES string of the molecule is O=C(O)c1cn(C2CN(C(=O)NCC3CCOC3)C2)nn1. The molecule has 1 unspecified atom stereocenters. The third kappa shape index (κ3) is 2.97. The third-order valence-corrected chi connectivity index (χ3v) is 3.82. The van der Waals surface area contributed by atoms with Gasteiger partial charge in [0.2, 0.25) is 0 Å². The van der Waals surface area contributed by atoms with Crippen LogP contribution >= 0.6 is 0 Å². The van der Waals surface area contributed by atoms with E-state index in [0.29, 0.717) is 32.2 Å². The van der Waals surface area contributed by atoms with Gasteiger partial charge in [0, 0.05) is 32.2 Å². The van der Waals surface area contributed by atoms with Crippen molar-refractivity contribution < 1.29 is 19.4 Å². The maximum Gasteiger partial charge on any atom is 0.358 e. The molecule has 9 heteroatoms. The summed E-state index contributed by atoms with van der Waals surface area (Å²) < 4.78 is 6.75. The van der Waals surface area contributed by atoms with E-state index >= 15 is 0 Å². The number of ether oxygens (including phenoxy) is 1. The minimum atomic E-state index is -1.10. The van der Waals surface area contributed by atoms with E-state index in [9.17, 15) is 9.59 Å². The Kier molecular flexibility index (Phi) is 3.74. The van der Waals surface area contributed by atoms with Crippen molar-refractivity contribution in [3.8, 4) is 0 Å². The number of carboxylic acid groups (broad SMARTS) is 1. The molecule has 21 heavy (non-hydrogen) atoms. The van der Waals surface area contributed by atoms with Gasteiger partial charge in [-0.2, -0.15) is 0 Å². The highest BCUT2D eigenvalue weighted by Gasteiger charge is 2.33. The number of rotatable bonds is 4. The number of urea groups is 1. The number of nitrogens with zero attached hydrogens (tertiary/aromatic N) is 4. The summed E-state index contributed by atoms with van der Waals surface area (Å²) in [5, 5.41) is 19.0. The summed E-state index contributed by atoms with van der Waals surface area (Å²) in [6.45, 7) is 3.13. The van der Waals surface area contributed by atoms with Gasteiger partial charge >= 0.3 is 12.0 Å². The van der Waals surface area contributed by atoms with Crippen LogP contribution < -0.4 is 5.32 Å². The van der Waals surface area contributed by atoms with Crippen LogP contribution in [0.25, 0.3) is 0 Å². The van der Waals surface area contributed by atoms with E-state index in [2.05, 4.69) is 15.6 Å². The Morgan fingerprint density at radius 2 is 2.29 bits per heavy atom. The van der Waals surface area contributed by atoms with Crippen LogP contribution in [0.15, 0.2) is 6.20 Å². The number of hydrogen-bond donors (Lipinski definition) is 2. The zero-order valence-electron chi connectivity index (χ0n) is 11.4. The molecule has 2 N–H and O–H groups in total. The van der Waals surface area contributed by atoms with Gasteiger partial charge in [-0.05, 0) is 6.42 Å². The first-order chi connectivity index (χ1) is 10.1. The Labute approximate surface area is 120 Å². The van der Waals surface area contributed by atoms with Crippen LogP contribution in [0.3, 0.4) is 0 Å². The smallest absolute Gasteiger partial charge is 0.358 e. The quantitative estimate of drug-likeness (QED) is 0.780. The zero-order valence-corrected chi connectivity index (χ0v) is 11.4. The zero-order chi connectivity index (χ0) is 14.8. The van der Waals surface area contributed by atoms with E-state index in [-0.39, 0.29) is 17.8 Å². The fourth-order valence-corrected chi connectivity index (χ4v) is 2.43. The second kappa shape index (κ2) is 5.68. The van der Waals surface area contributed by atoms with Crippen molar-refractivity contribution >= 4 is 12.0 Å². The molecule has 2 aliphatic heterocycles. The molecule has 0 radical (unpaired) electrons. The van der Waals surface area contributed by atoms with Gasteiger partial charge in [-0.15, -0.1) is 5.10 Å². The summed E-state index contributed by atoms with van der Waals surface area (Å²) in [5.41, 5.74) is -0.0841. The molecule has 114 valence electrons. The Morgan fingerprint density at radius 1 is 1.48 bits per heavy atom. The number of aromatic nitrogens is 3. The van der Waals surface area contributed by atoms with Crippen LogP contribution in [-0.2, 0) is 4.74 Å². The van der Waals surface area contributed by atoms with Crippen LogP contribution in [0.4, 0.5) is 4.79 Å². The van der Waals surface area contributed by atoms with Crippen LogP contribution in [0.2, 0.25) is 0 Å². The van der Waals surface area contributed by atoms with Crippen molar-refractivity contribution in [3.63, 3.8) is 0 Å². The van der Waals surface area contributed by atoms with Gasteiger partial charge in [-0.1, -0.05) is 5.21 Å². The van der Waals surface area contributed by atoms with E-state index in [1.165, 1.54) is 10.9 Å². The Bertz CT molecular complexity index is 534. The average Bonchev–Trinajstić information content (AvgIpc) is 3.06. The van der Waals surface area contributed by atoms with Gasteiger partial charge in [0.05, 0.1) is 18.8 Å². The predicted octanol–water partition coefficient (Wildman–Crippen LogP) is -0.421. The van der Waals surface area contributed by atoms with E-state index in [4.69, 9.17) is 9.84 Å². The molecule has 0 aliphatic carbocycles. The van der Waals surface area contributed by atoms with Crippen LogP contribution in [0.1, 0.15) is 23.0 Å². The number of carbonyl (C=O) groups excluding carboxylic acids is 1. The Morgan fingerprint density at radius 3 is 2.90 bits per heavy atom. The van der Waals surface area contributed by atoms with Crippen molar-refractivity contribution in [1.82, 2.24) is 25.2 Å². The van der Waals surface area contributed by atoms with E-state index < -0.39 is 5.97 Å². The van der Waals surface area contributed by atoms with Gasteiger partial charge in [0.15, 0.2) is 5.69 Å². The lowest BCUT2D eigenvalue weighted by atomic mass is 10.1. The summed E-state index contributed by atoms with van der Waals surface area (Å²) in [6.07, 6.45) is 2.37. The highest BCUT2D eigenvalue weighted by Crippen LogP contribution is 2.20. The molecule has 2 aliphatic rings. The number of carbonyl (C=O) groups is 2. The lowest BCUT2D eigenvalue weighted by Gasteiger charge is -2.38. The molecule has 2 saturated heterocycles. The molecule has 2 fully saturated rings. The molecular formula is C12H17N5O4. The van der Waals surface area contributed by atoms with Gasteiger partial charge < -0.3 is 20.1 Å². The topological polar surface area (TPSA) is 110 Å². The summed E-state index contributed by atoms with van der Waals surface area (Å²) in [6, 6.07) is -0.108. The predicted molar refractivity (Wildman–Crippen MR) is 69.9 cm³/mol. The minimum absolute atomic E-state index is 0.00818. The van der Waals surface area contributed by atoms with Gasteiger partial charge in [0.25, 0.3) is 0 Å². The van der Waals surface area contributed by atoms with E-state index in [1.807, 2.05) is 0 Å². The Balaban J connectivity index is 1.43. The summed E-state index contributed by atoms with van der Waals surface area (Å²) >= 11 is 0. The molecule has 0 bridgehead atoms. The van der Waals surface area contributed by atoms with Gasteiger partial charge in [0.1, 0.15) is 0 Å². The number of hydrogen-bond acceptors (Lipinski definition) is 5. The summed E-state index contributed by atoms with van der Waals surface area (Å²) in [5.74, 6) is -0.701. The maximum atomic E-state index is 11.9. The third-order valence-electron chi connectivity index (χ3n) is 3.82. The van der Waals surface area contributed by atoms with Crippen LogP contribution in [-0.4, -0.2) is 69.8 Å². The average molecular weight is 295 g/mol. The maximum absolute atomic E-state index is 11.9. The highest BCUT2D eigenvalue weighted by atomic mass is 16.5. The molecule has 9 nitrogen and oxygen atoms in total. The number of nitrogens with one attached hydrogen (secondary N) is 1.